The number of hydrogen-bond acceptors (Lipinski definition) is 0. The van der Waals surface area contributed by atoms with E-state index < -0.39 is 0 Å². The maximum Gasteiger partial charge on any atom is 0 e. The van der Waals surface area contributed by atoms with Crippen molar-refractivity contribution in [2.24, 2.45) is 35.5 Å². The molecule has 2 atom stereocenters. The Morgan fingerprint density at radius 2 is 0.714 bits per heavy atom. The van der Waals surface area contributed by atoms with Gasteiger partial charge in [-0.15, -0.1) is 15.8 Å². The third-order valence-electron chi connectivity index (χ3n) is 10.4. The summed E-state index contributed by atoms with van der Waals surface area (Å²) >= 11 is 0. The maximum absolute atomic E-state index is 2.76. The highest BCUT2D eigenvalue weighted by Crippen LogP contribution is 2.70. The van der Waals surface area contributed by atoms with Crippen molar-refractivity contribution < 1.29 is 0 Å². The van der Waals surface area contributed by atoms with Gasteiger partial charge in [0.2, 0.25) is 0 Å². The van der Waals surface area contributed by atoms with Crippen molar-refractivity contribution in [1.82, 2.24) is 0 Å². The second kappa shape index (κ2) is 7.84. The van der Waals surface area contributed by atoms with E-state index in [-0.39, 0.29) is 32.7 Å². The summed E-state index contributed by atoms with van der Waals surface area (Å²) in [6, 6.07) is 0. The van der Waals surface area contributed by atoms with Gasteiger partial charge >= 0.3 is 0 Å². The minimum atomic E-state index is 0. The number of hydrogen-bond donors (Lipinski definition) is 0. The first-order chi connectivity index (χ1) is 12.5. The summed E-state index contributed by atoms with van der Waals surface area (Å²) < 4.78 is 0. The Morgan fingerprint density at radius 1 is 0.500 bits per heavy atom. The molecule has 152 valence electrons. The van der Waals surface area contributed by atoms with Crippen LogP contribution in [-0.4, -0.2) is 52.8 Å². The molecule has 0 nitrogen and oxygen atoms in total. The zero-order valence-corrected chi connectivity index (χ0v) is 20.2. The van der Waals surface area contributed by atoms with Gasteiger partial charge in [-0.1, -0.05) is 0 Å². The van der Waals surface area contributed by atoms with Crippen LogP contribution in [0.2, 0.25) is 0 Å². The lowest BCUT2D eigenvalue weighted by Gasteiger charge is -2.60. The molecule has 0 aliphatic heterocycles. The Morgan fingerprint density at radius 3 is 0.929 bits per heavy atom. The van der Waals surface area contributed by atoms with Crippen LogP contribution in [0.1, 0.15) is 77.0 Å². The first kappa shape index (κ1) is 22.2. The molecule has 8 rings (SSSR count). The van der Waals surface area contributed by atoms with Crippen LogP contribution in [0, 0.1) is 35.5 Å². The molecule has 6 radical (unpaired) electrons. The van der Waals surface area contributed by atoms with Crippen molar-refractivity contribution >= 4 is 32.7 Å². The largest absolute Gasteiger partial charge is 0.103 e. The van der Waals surface area contributed by atoms with E-state index in [1.807, 2.05) is 0 Å². The Hall–Kier alpha value is 0.990. The van der Waals surface area contributed by atoms with Crippen molar-refractivity contribution in [3.63, 3.8) is 0 Å². The minimum absolute atomic E-state index is 0. The quantitative estimate of drug-likeness (QED) is 0.363. The molecule has 8 fully saturated rings. The lowest BCUT2D eigenvalue weighted by Crippen LogP contribution is -2.50. The van der Waals surface area contributed by atoms with Crippen molar-refractivity contribution in [3.05, 3.63) is 0 Å². The van der Waals surface area contributed by atoms with Gasteiger partial charge in [-0.3, -0.25) is 0 Å². The van der Waals surface area contributed by atoms with E-state index in [9.17, 15) is 0 Å². The van der Waals surface area contributed by atoms with Gasteiger partial charge in [-0.25, -0.2) is 0 Å². The van der Waals surface area contributed by atoms with Crippen LogP contribution in [-0.2, 0) is 0 Å². The molecule has 0 aromatic carbocycles. The SMILES string of the molecule is C[P@@](CC[P@](C)C12CC3CC(CC(C3)C1)C2)C12CC3CC(CC(C3)C1)C2.[B].[B]. The van der Waals surface area contributed by atoms with Gasteiger partial charge in [0, 0.05) is 16.8 Å². The Bertz CT molecular complexity index is 456. The van der Waals surface area contributed by atoms with E-state index in [1.54, 1.807) is 89.4 Å². The highest BCUT2D eigenvalue weighted by molar-refractivity contribution is 7.62. The summed E-state index contributed by atoms with van der Waals surface area (Å²) in [5.74, 6) is 6.90. The van der Waals surface area contributed by atoms with Crippen molar-refractivity contribution in [1.29, 1.82) is 0 Å². The normalized spacial score (nSPS) is 52.1. The van der Waals surface area contributed by atoms with Crippen molar-refractivity contribution in [3.8, 4) is 0 Å². The molecule has 0 N–H and O–H groups in total. The molecule has 8 aliphatic carbocycles. The van der Waals surface area contributed by atoms with Crippen LogP contribution in [0.15, 0.2) is 0 Å². The topological polar surface area (TPSA) is 0 Å². The fourth-order valence-electron chi connectivity index (χ4n) is 9.84. The van der Waals surface area contributed by atoms with E-state index in [0.29, 0.717) is 0 Å². The van der Waals surface area contributed by atoms with Crippen LogP contribution >= 0.6 is 15.8 Å². The summed E-state index contributed by atoms with van der Waals surface area (Å²) in [4.78, 5) is 0. The van der Waals surface area contributed by atoms with E-state index in [0.717, 1.165) is 45.8 Å². The molecule has 0 heterocycles. The summed E-state index contributed by atoms with van der Waals surface area (Å²) in [7, 11) is 0.575. The van der Waals surface area contributed by atoms with Gasteiger partial charge in [0.15, 0.2) is 0 Å². The third kappa shape index (κ3) is 3.52. The molecule has 0 saturated heterocycles. The van der Waals surface area contributed by atoms with Crippen LogP contribution in [0.5, 0.6) is 0 Å². The van der Waals surface area contributed by atoms with E-state index in [1.165, 1.54) is 0 Å². The first-order valence-corrected chi connectivity index (χ1v) is 15.9. The molecule has 8 saturated carbocycles. The molecule has 4 heteroatoms. The molecule has 28 heavy (non-hydrogen) atoms. The van der Waals surface area contributed by atoms with E-state index in [4.69, 9.17) is 0 Å². The minimum Gasteiger partial charge on any atom is -0.103 e. The lowest BCUT2D eigenvalue weighted by molar-refractivity contribution is 0.0352. The first-order valence-electron chi connectivity index (χ1n) is 11.9. The van der Waals surface area contributed by atoms with Crippen LogP contribution < -0.4 is 0 Å². The van der Waals surface area contributed by atoms with Crippen molar-refractivity contribution in [2.45, 2.75) is 87.4 Å². The van der Waals surface area contributed by atoms with Gasteiger partial charge in [0.25, 0.3) is 0 Å². The van der Waals surface area contributed by atoms with Crippen LogP contribution in [0.25, 0.3) is 0 Å². The van der Waals surface area contributed by atoms with E-state index in [2.05, 4.69) is 13.3 Å². The molecule has 0 spiro atoms. The Balaban J connectivity index is 0.000000961. The predicted molar refractivity (Wildman–Crippen MR) is 129 cm³/mol. The predicted octanol–water partition coefficient (Wildman–Crippen LogP) is 6.39. The van der Waals surface area contributed by atoms with Crippen LogP contribution in [0.3, 0.4) is 0 Å². The summed E-state index contributed by atoms with van der Waals surface area (Å²) in [5, 5.41) is 1.73. The van der Waals surface area contributed by atoms with Gasteiger partial charge in [-0.2, -0.15) is 0 Å². The summed E-state index contributed by atoms with van der Waals surface area (Å²) in [6.07, 6.45) is 22.9. The van der Waals surface area contributed by atoms with Gasteiger partial charge in [-0.05, 0) is 149 Å². The molecule has 8 bridgehead atoms. The second-order valence-electron chi connectivity index (χ2n) is 12.1. The average molecular weight is 412 g/mol. The highest BCUT2D eigenvalue weighted by Gasteiger charge is 2.54. The fourth-order valence-corrected chi connectivity index (χ4v) is 16.6. The molecule has 8 aliphatic rings. The maximum atomic E-state index is 2.76. The smallest absolute Gasteiger partial charge is 0 e. The molecule has 0 amide bonds. The zero-order valence-electron chi connectivity index (χ0n) is 18.4. The standard InChI is InChI=1S/C24H40P2.2B/c1-25(23-11-17-5-18(12-23)7-19(6-17)13-23)3-4-26(2)24-14-20-8-21(15-24)10-22(9-20)16-24;;/h17-22H,3-16H2,1-2H3;;/t17?,18?,19?,20?,21?,22?,23?,24?,25-,26-;;/m0../s1. The van der Waals surface area contributed by atoms with Crippen LogP contribution in [0.4, 0.5) is 0 Å². The average Bonchev–Trinajstić information content (AvgIpc) is 2.57. The van der Waals surface area contributed by atoms with Gasteiger partial charge < -0.3 is 0 Å². The zero-order chi connectivity index (χ0) is 17.5. The summed E-state index contributed by atoms with van der Waals surface area (Å²) in [5.41, 5.74) is 0. The third-order valence-corrected chi connectivity index (χ3v) is 16.9. The Labute approximate surface area is 181 Å². The fraction of sp³-hybridized carbons (Fsp3) is 1.00. The molecular weight excluding hydrogens is 372 g/mol. The van der Waals surface area contributed by atoms with Crippen molar-refractivity contribution in [2.75, 3.05) is 25.7 Å². The Kier molecular flexibility index (Phi) is 6.22. The van der Waals surface area contributed by atoms with Gasteiger partial charge in [0.1, 0.15) is 0 Å². The number of rotatable bonds is 5. The molecule has 0 aromatic rings. The monoisotopic (exact) mass is 412 g/mol. The lowest BCUT2D eigenvalue weighted by atomic mass is 9.56. The summed E-state index contributed by atoms with van der Waals surface area (Å²) in [6.45, 7) is 5.51. The molecule has 0 unspecified atom stereocenters. The highest BCUT2D eigenvalue weighted by atomic mass is 31.1. The van der Waals surface area contributed by atoms with E-state index >= 15 is 0 Å². The second-order valence-corrected chi connectivity index (χ2v) is 17.7. The van der Waals surface area contributed by atoms with Gasteiger partial charge in [0.05, 0.1) is 0 Å². The molecular formula is C24H40B2P2. The molecule has 0 aromatic heterocycles.